The number of nitrogens with zero attached hydrogens (tertiary/aromatic N) is 1. The van der Waals surface area contributed by atoms with Crippen LogP contribution in [-0.2, 0) is 0 Å². The van der Waals surface area contributed by atoms with Gasteiger partial charge in [-0.1, -0.05) is 28.9 Å². The van der Waals surface area contributed by atoms with Crippen molar-refractivity contribution in [2.75, 3.05) is 13.6 Å². The van der Waals surface area contributed by atoms with E-state index >= 15 is 0 Å². The molecule has 0 saturated heterocycles. The van der Waals surface area contributed by atoms with Crippen LogP contribution < -0.4 is 0 Å². The fraction of sp³-hybridized carbons (Fsp3) is 0.417. The van der Waals surface area contributed by atoms with Crippen LogP contribution in [0.25, 0.3) is 0 Å². The second-order valence-corrected chi connectivity index (χ2v) is 5.41. The van der Waals surface area contributed by atoms with Gasteiger partial charge < -0.3 is 10.0 Å². The number of halogens is 1. The maximum absolute atomic E-state index is 11.9. The molecule has 1 amide bonds. The van der Waals surface area contributed by atoms with E-state index in [1.807, 2.05) is 6.92 Å². The molecule has 0 saturated carbocycles. The van der Waals surface area contributed by atoms with Crippen LogP contribution in [0, 0.1) is 0 Å². The summed E-state index contributed by atoms with van der Waals surface area (Å²) in [4.78, 5) is 14.0. The minimum absolute atomic E-state index is 0.0657. The number of carbonyl (C=O) groups excluding carboxylic acids is 1. The quantitative estimate of drug-likeness (QED) is 0.864. The van der Waals surface area contributed by atoms with Crippen LogP contribution in [-0.4, -0.2) is 34.3 Å². The lowest BCUT2D eigenvalue weighted by atomic mass is 10.2. The highest BCUT2D eigenvalue weighted by Crippen LogP contribution is 2.13. The molecule has 0 radical (unpaired) electrons. The Bertz CT molecular complexity index is 366. The van der Waals surface area contributed by atoms with Crippen LogP contribution in [0.5, 0.6) is 5.75 Å². The van der Waals surface area contributed by atoms with Crippen molar-refractivity contribution in [3.05, 3.63) is 29.8 Å². The highest BCUT2D eigenvalue weighted by Gasteiger charge is 2.12. The zero-order chi connectivity index (χ0) is 12.1. The number of aromatic hydroxyl groups is 1. The molecule has 3 nitrogen and oxygen atoms in total. The Morgan fingerprint density at radius 1 is 1.56 bits per heavy atom. The van der Waals surface area contributed by atoms with Gasteiger partial charge in [0.2, 0.25) is 0 Å². The highest BCUT2D eigenvalue weighted by molar-refractivity contribution is 9.09. The molecule has 0 fully saturated rings. The number of rotatable bonds is 4. The van der Waals surface area contributed by atoms with Crippen LogP contribution in [0.15, 0.2) is 24.3 Å². The third kappa shape index (κ3) is 3.85. The second kappa shape index (κ2) is 5.89. The second-order valence-electron chi connectivity index (χ2n) is 3.85. The molecule has 0 heterocycles. The van der Waals surface area contributed by atoms with Gasteiger partial charge in [0.1, 0.15) is 5.75 Å². The normalized spacial score (nSPS) is 12.2. The van der Waals surface area contributed by atoms with Crippen molar-refractivity contribution in [1.29, 1.82) is 0 Å². The molecular formula is C12H16BrNO2. The molecule has 0 bridgehead atoms. The number of carbonyl (C=O) groups is 1. The summed E-state index contributed by atoms with van der Waals surface area (Å²) in [5, 5.41) is 9.28. The first-order chi connectivity index (χ1) is 7.50. The molecule has 16 heavy (non-hydrogen) atoms. The fourth-order valence-electron chi connectivity index (χ4n) is 1.33. The van der Waals surface area contributed by atoms with Gasteiger partial charge in [-0.05, 0) is 24.6 Å². The zero-order valence-corrected chi connectivity index (χ0v) is 11.1. The van der Waals surface area contributed by atoms with Gasteiger partial charge in [0.15, 0.2) is 0 Å². The van der Waals surface area contributed by atoms with E-state index in [0.717, 1.165) is 6.42 Å². The van der Waals surface area contributed by atoms with E-state index in [1.54, 1.807) is 30.1 Å². The number of hydrogen-bond donors (Lipinski definition) is 1. The van der Waals surface area contributed by atoms with Gasteiger partial charge in [0.25, 0.3) is 5.91 Å². The average molecular weight is 286 g/mol. The topological polar surface area (TPSA) is 40.5 Å². The molecule has 88 valence electrons. The molecule has 1 aromatic carbocycles. The largest absolute Gasteiger partial charge is 0.508 e. The van der Waals surface area contributed by atoms with Crippen molar-refractivity contribution in [1.82, 2.24) is 4.90 Å². The summed E-state index contributed by atoms with van der Waals surface area (Å²) < 4.78 is 0. The van der Waals surface area contributed by atoms with Gasteiger partial charge in [0, 0.05) is 24.0 Å². The van der Waals surface area contributed by atoms with Gasteiger partial charge in [-0.2, -0.15) is 0 Å². The lowest BCUT2D eigenvalue weighted by Gasteiger charge is -2.17. The lowest BCUT2D eigenvalue weighted by molar-refractivity contribution is 0.0793. The van der Waals surface area contributed by atoms with Crippen LogP contribution in [0.1, 0.15) is 23.7 Å². The van der Waals surface area contributed by atoms with Crippen molar-refractivity contribution in [2.24, 2.45) is 0 Å². The Kier molecular flexibility index (Phi) is 4.80. The fourth-order valence-corrected chi connectivity index (χ4v) is 1.54. The highest BCUT2D eigenvalue weighted by atomic mass is 79.9. The molecule has 1 atom stereocenters. The molecule has 1 N–H and O–H groups in total. The smallest absolute Gasteiger partial charge is 0.253 e. The van der Waals surface area contributed by atoms with Gasteiger partial charge >= 0.3 is 0 Å². The zero-order valence-electron chi connectivity index (χ0n) is 9.48. The van der Waals surface area contributed by atoms with Crippen molar-refractivity contribution in [3.8, 4) is 5.75 Å². The first-order valence-corrected chi connectivity index (χ1v) is 6.11. The van der Waals surface area contributed by atoms with E-state index in [0.29, 0.717) is 16.9 Å². The summed E-state index contributed by atoms with van der Waals surface area (Å²) in [6, 6.07) is 6.41. The molecule has 0 aliphatic rings. The first kappa shape index (κ1) is 13.0. The van der Waals surface area contributed by atoms with E-state index in [2.05, 4.69) is 15.9 Å². The van der Waals surface area contributed by atoms with Crippen molar-refractivity contribution in [3.63, 3.8) is 0 Å². The average Bonchev–Trinajstić information content (AvgIpc) is 2.24. The number of alkyl halides is 1. The Hall–Kier alpha value is -1.03. The summed E-state index contributed by atoms with van der Waals surface area (Å²) >= 11 is 3.44. The van der Waals surface area contributed by atoms with Gasteiger partial charge in [-0.25, -0.2) is 0 Å². The number of phenols is 1. The number of hydrogen-bond acceptors (Lipinski definition) is 2. The summed E-state index contributed by atoms with van der Waals surface area (Å²) in [7, 11) is 1.77. The molecular weight excluding hydrogens is 270 g/mol. The third-order valence-corrected chi connectivity index (χ3v) is 2.76. The summed E-state index contributed by atoms with van der Waals surface area (Å²) in [5.41, 5.74) is 0.518. The molecule has 1 unspecified atom stereocenters. The summed E-state index contributed by atoms with van der Waals surface area (Å²) in [5.74, 6) is 0.0529. The maximum Gasteiger partial charge on any atom is 0.253 e. The van der Waals surface area contributed by atoms with E-state index in [9.17, 15) is 9.90 Å². The van der Waals surface area contributed by atoms with Crippen LogP contribution in [0.4, 0.5) is 0 Å². The van der Waals surface area contributed by atoms with E-state index in [1.165, 1.54) is 6.07 Å². The Labute approximate surface area is 104 Å². The molecule has 1 aromatic rings. The number of amides is 1. The SMILES string of the molecule is CC(Br)CCN(C)C(=O)c1cccc(O)c1. The van der Waals surface area contributed by atoms with Gasteiger partial charge in [0.05, 0.1) is 0 Å². The molecule has 1 rings (SSSR count). The van der Waals surface area contributed by atoms with Crippen molar-refractivity contribution >= 4 is 21.8 Å². The van der Waals surface area contributed by atoms with Gasteiger partial charge in [-0.3, -0.25) is 4.79 Å². The van der Waals surface area contributed by atoms with Crippen LogP contribution in [0.3, 0.4) is 0 Å². The third-order valence-electron chi connectivity index (χ3n) is 2.30. The van der Waals surface area contributed by atoms with Crippen LogP contribution in [0.2, 0.25) is 0 Å². The minimum Gasteiger partial charge on any atom is -0.508 e. The molecule has 0 spiro atoms. The standard InChI is InChI=1S/C12H16BrNO2/c1-9(13)6-7-14(2)12(16)10-4-3-5-11(15)8-10/h3-5,8-9,15H,6-7H2,1-2H3. The minimum atomic E-state index is -0.0657. The van der Waals surface area contributed by atoms with Gasteiger partial charge in [-0.15, -0.1) is 0 Å². The number of phenolic OH excluding ortho intramolecular Hbond substituents is 1. The van der Waals surface area contributed by atoms with Crippen molar-refractivity contribution < 1.29 is 9.90 Å². The van der Waals surface area contributed by atoms with E-state index < -0.39 is 0 Å². The van der Waals surface area contributed by atoms with Crippen LogP contribution >= 0.6 is 15.9 Å². The lowest BCUT2D eigenvalue weighted by Crippen LogP contribution is -2.28. The van der Waals surface area contributed by atoms with E-state index in [4.69, 9.17) is 0 Å². The molecule has 0 aliphatic carbocycles. The Morgan fingerprint density at radius 2 is 2.25 bits per heavy atom. The molecule has 0 aromatic heterocycles. The Balaban J connectivity index is 2.63. The molecule has 4 heteroatoms. The predicted octanol–water partition coefficient (Wildman–Crippen LogP) is 2.64. The summed E-state index contributed by atoms with van der Waals surface area (Å²) in [6.07, 6.45) is 0.904. The summed E-state index contributed by atoms with van der Waals surface area (Å²) in [6.45, 7) is 2.74. The van der Waals surface area contributed by atoms with Crippen molar-refractivity contribution in [2.45, 2.75) is 18.2 Å². The number of benzene rings is 1. The monoisotopic (exact) mass is 285 g/mol. The van der Waals surface area contributed by atoms with E-state index in [-0.39, 0.29) is 11.7 Å². The Morgan fingerprint density at radius 3 is 2.81 bits per heavy atom. The molecule has 0 aliphatic heterocycles. The maximum atomic E-state index is 11.9. The predicted molar refractivity (Wildman–Crippen MR) is 68.1 cm³/mol. The first-order valence-electron chi connectivity index (χ1n) is 5.19.